The molecule has 0 spiro atoms. The summed E-state index contributed by atoms with van der Waals surface area (Å²) in [5, 5.41) is 4.43. The summed E-state index contributed by atoms with van der Waals surface area (Å²) in [7, 11) is 0. The fourth-order valence-electron chi connectivity index (χ4n) is 3.30. The van der Waals surface area contributed by atoms with Crippen molar-refractivity contribution < 1.29 is 14.2 Å². The third kappa shape index (κ3) is 5.17. The molecule has 2 aromatic carbocycles. The number of hydrogen-bond acceptors (Lipinski definition) is 7. The molecule has 7 nitrogen and oxygen atoms in total. The molecule has 0 radical (unpaired) electrons. The minimum Gasteiger partial charge on any atom is -0.494 e. The van der Waals surface area contributed by atoms with E-state index >= 15 is 0 Å². The average Bonchev–Trinajstić information content (AvgIpc) is 3.36. The van der Waals surface area contributed by atoms with Crippen LogP contribution in [0.5, 0.6) is 17.2 Å². The van der Waals surface area contributed by atoms with Crippen LogP contribution in [-0.4, -0.2) is 34.4 Å². The number of thiazole rings is 1. The van der Waals surface area contributed by atoms with E-state index in [1.165, 1.54) is 15.9 Å². The molecule has 0 saturated carbocycles. The maximum absolute atomic E-state index is 12.9. The monoisotopic (exact) mass is 465 g/mol. The van der Waals surface area contributed by atoms with Gasteiger partial charge in [-0.05, 0) is 68.3 Å². The van der Waals surface area contributed by atoms with E-state index in [4.69, 9.17) is 14.2 Å². The molecule has 33 heavy (non-hydrogen) atoms. The van der Waals surface area contributed by atoms with Crippen LogP contribution in [0.1, 0.15) is 39.2 Å². The van der Waals surface area contributed by atoms with E-state index in [1.807, 2.05) is 62.4 Å². The molecule has 172 valence electrons. The maximum Gasteiger partial charge on any atom is 0.291 e. The third-order valence-corrected chi connectivity index (χ3v) is 5.89. The van der Waals surface area contributed by atoms with Gasteiger partial charge in [0, 0.05) is 5.56 Å². The van der Waals surface area contributed by atoms with Crippen molar-refractivity contribution in [3.05, 3.63) is 62.9 Å². The molecule has 0 aliphatic heterocycles. The topological polar surface area (TPSA) is 75.0 Å². The van der Waals surface area contributed by atoms with Gasteiger partial charge in [0.15, 0.2) is 17.3 Å². The van der Waals surface area contributed by atoms with Gasteiger partial charge in [0.1, 0.15) is 5.75 Å². The van der Waals surface area contributed by atoms with E-state index in [0.717, 1.165) is 29.7 Å². The Morgan fingerprint density at radius 2 is 1.73 bits per heavy atom. The van der Waals surface area contributed by atoms with Crippen molar-refractivity contribution in [2.75, 3.05) is 19.8 Å². The smallest absolute Gasteiger partial charge is 0.291 e. The molecule has 0 amide bonds. The van der Waals surface area contributed by atoms with Crippen molar-refractivity contribution in [3.63, 3.8) is 0 Å². The van der Waals surface area contributed by atoms with Crippen LogP contribution in [0.25, 0.3) is 22.4 Å². The number of unbranched alkanes of at least 4 members (excludes halogenated alkanes) is 1. The fraction of sp³-hybridized carbons (Fsp3) is 0.320. The Hall–Kier alpha value is -3.39. The highest BCUT2D eigenvalue weighted by atomic mass is 32.1. The predicted octanol–water partition coefficient (Wildman–Crippen LogP) is 4.34. The third-order valence-electron chi connectivity index (χ3n) is 4.93. The minimum absolute atomic E-state index is 0.194. The van der Waals surface area contributed by atoms with Crippen LogP contribution in [0.2, 0.25) is 0 Å². The molecule has 0 N–H and O–H groups in total. The van der Waals surface area contributed by atoms with Crippen LogP contribution in [-0.2, 0) is 0 Å². The summed E-state index contributed by atoms with van der Waals surface area (Å²) >= 11 is 1.31. The zero-order chi connectivity index (χ0) is 23.2. The van der Waals surface area contributed by atoms with Crippen molar-refractivity contribution in [2.45, 2.75) is 33.6 Å². The summed E-state index contributed by atoms with van der Waals surface area (Å²) in [6.07, 6.45) is 3.94. The molecule has 2 heterocycles. The molecule has 4 rings (SSSR count). The van der Waals surface area contributed by atoms with E-state index in [9.17, 15) is 4.79 Å². The van der Waals surface area contributed by atoms with Crippen LogP contribution in [0, 0.1) is 0 Å². The highest BCUT2D eigenvalue weighted by Crippen LogP contribution is 2.29. The number of hydrogen-bond donors (Lipinski definition) is 0. The first-order valence-corrected chi connectivity index (χ1v) is 12.0. The van der Waals surface area contributed by atoms with Crippen molar-refractivity contribution in [1.29, 1.82) is 0 Å². The van der Waals surface area contributed by atoms with Gasteiger partial charge >= 0.3 is 0 Å². The fourth-order valence-corrected chi connectivity index (χ4v) is 4.21. The Balaban J connectivity index is 1.60. The highest BCUT2D eigenvalue weighted by Gasteiger charge is 2.13. The van der Waals surface area contributed by atoms with Gasteiger partial charge in [-0.3, -0.25) is 4.79 Å². The lowest BCUT2D eigenvalue weighted by atomic mass is 10.2. The number of nitrogens with zero attached hydrogens (tertiary/aromatic N) is 3. The second kappa shape index (κ2) is 10.5. The SMILES string of the molecule is CCCCOc1ccc(-c2nc3s/c(=C\c4ccc(OCC)c(OCC)c4)c(=O)n3n2)cc1. The molecule has 0 fully saturated rings. The summed E-state index contributed by atoms with van der Waals surface area (Å²) in [4.78, 5) is 18.0. The normalized spacial score (nSPS) is 11.8. The van der Waals surface area contributed by atoms with Crippen LogP contribution in [0.3, 0.4) is 0 Å². The van der Waals surface area contributed by atoms with Crippen LogP contribution in [0.4, 0.5) is 0 Å². The summed E-state index contributed by atoms with van der Waals surface area (Å²) in [6, 6.07) is 13.3. The first kappa shape index (κ1) is 22.8. The van der Waals surface area contributed by atoms with Gasteiger partial charge in [0.25, 0.3) is 5.56 Å². The average molecular weight is 466 g/mol. The molecule has 0 bridgehead atoms. The van der Waals surface area contributed by atoms with E-state index in [0.29, 0.717) is 46.6 Å². The summed E-state index contributed by atoms with van der Waals surface area (Å²) < 4.78 is 18.9. The van der Waals surface area contributed by atoms with E-state index in [-0.39, 0.29) is 5.56 Å². The van der Waals surface area contributed by atoms with Gasteiger partial charge in [-0.25, -0.2) is 0 Å². The standard InChI is InChI=1S/C25H27N3O4S/c1-4-7-14-32-19-11-9-18(10-12-19)23-26-25-28(27-23)24(29)22(33-25)16-17-8-13-20(30-5-2)21(15-17)31-6-3/h8-13,15-16H,4-7,14H2,1-3H3/b22-16-. The molecule has 0 saturated heterocycles. The number of aromatic nitrogens is 3. The van der Waals surface area contributed by atoms with Gasteiger partial charge in [-0.2, -0.15) is 9.50 Å². The molecule has 2 aromatic heterocycles. The number of fused-ring (bicyclic) bond motifs is 1. The second-order valence-electron chi connectivity index (χ2n) is 7.34. The van der Waals surface area contributed by atoms with Gasteiger partial charge in [0.05, 0.1) is 24.4 Å². The summed E-state index contributed by atoms with van der Waals surface area (Å²) in [5.41, 5.74) is 1.49. The van der Waals surface area contributed by atoms with Crippen LogP contribution in [0.15, 0.2) is 47.3 Å². The van der Waals surface area contributed by atoms with E-state index in [2.05, 4.69) is 17.0 Å². The molecule has 0 aliphatic rings. The largest absolute Gasteiger partial charge is 0.494 e. The zero-order valence-electron chi connectivity index (χ0n) is 19.0. The van der Waals surface area contributed by atoms with Gasteiger partial charge < -0.3 is 14.2 Å². The first-order chi connectivity index (χ1) is 16.1. The van der Waals surface area contributed by atoms with E-state index in [1.54, 1.807) is 0 Å². The Kier molecular flexibility index (Phi) is 7.24. The van der Waals surface area contributed by atoms with Crippen LogP contribution >= 0.6 is 11.3 Å². The molecule has 0 unspecified atom stereocenters. The van der Waals surface area contributed by atoms with Crippen molar-refractivity contribution in [2.24, 2.45) is 0 Å². The van der Waals surface area contributed by atoms with Gasteiger partial charge in [-0.1, -0.05) is 30.7 Å². The van der Waals surface area contributed by atoms with Crippen LogP contribution < -0.4 is 24.3 Å². The lowest BCUT2D eigenvalue weighted by Crippen LogP contribution is -2.23. The van der Waals surface area contributed by atoms with Crippen molar-refractivity contribution >= 4 is 22.4 Å². The maximum atomic E-state index is 12.9. The Morgan fingerprint density at radius 3 is 2.42 bits per heavy atom. The van der Waals surface area contributed by atoms with Crippen molar-refractivity contribution in [3.8, 4) is 28.6 Å². The highest BCUT2D eigenvalue weighted by molar-refractivity contribution is 7.15. The minimum atomic E-state index is -0.194. The van der Waals surface area contributed by atoms with E-state index < -0.39 is 0 Å². The first-order valence-electron chi connectivity index (χ1n) is 11.2. The lowest BCUT2D eigenvalue weighted by molar-refractivity contribution is 0.287. The summed E-state index contributed by atoms with van der Waals surface area (Å²) in [5.74, 6) is 2.68. The number of rotatable bonds is 10. The predicted molar refractivity (Wildman–Crippen MR) is 131 cm³/mol. The number of benzene rings is 2. The number of ether oxygens (including phenoxy) is 3. The molecule has 8 heteroatoms. The Morgan fingerprint density at radius 1 is 0.970 bits per heavy atom. The lowest BCUT2D eigenvalue weighted by Gasteiger charge is -2.11. The molecule has 0 atom stereocenters. The zero-order valence-corrected chi connectivity index (χ0v) is 19.9. The van der Waals surface area contributed by atoms with Gasteiger partial charge in [0.2, 0.25) is 4.96 Å². The molecular formula is C25H27N3O4S. The Labute approximate surface area is 196 Å². The molecule has 0 aliphatic carbocycles. The van der Waals surface area contributed by atoms with Gasteiger partial charge in [-0.15, -0.1) is 5.10 Å². The van der Waals surface area contributed by atoms with Crippen molar-refractivity contribution in [1.82, 2.24) is 14.6 Å². The molecule has 4 aromatic rings. The quantitative estimate of drug-likeness (QED) is 0.324. The second-order valence-corrected chi connectivity index (χ2v) is 8.35. The summed E-state index contributed by atoms with van der Waals surface area (Å²) in [6.45, 7) is 7.77. The molecular weight excluding hydrogens is 438 g/mol. The Bertz CT molecular complexity index is 1330.